The number of fused-ring (bicyclic) bond motifs is 3. The number of hydrogen-bond acceptors (Lipinski definition) is 3. The van der Waals surface area contributed by atoms with Gasteiger partial charge < -0.3 is 15.2 Å². The van der Waals surface area contributed by atoms with Crippen LogP contribution < -0.4 is 5.32 Å². The fourth-order valence-electron chi connectivity index (χ4n) is 3.08. The summed E-state index contributed by atoms with van der Waals surface area (Å²) in [6.07, 6.45) is 5.10. The number of rotatable bonds is 6. The molecule has 0 saturated carbocycles. The van der Waals surface area contributed by atoms with Gasteiger partial charge in [0.1, 0.15) is 6.61 Å². The predicted octanol–water partition coefficient (Wildman–Crippen LogP) is 3.72. The van der Waals surface area contributed by atoms with E-state index in [9.17, 15) is 9.59 Å². The molecule has 2 N–H and O–H groups in total. The first-order chi connectivity index (χ1) is 12.7. The molecule has 2 aromatic carbocycles. The lowest BCUT2D eigenvalue weighted by Crippen LogP contribution is -2.26. The molecule has 0 radical (unpaired) electrons. The molecule has 0 aliphatic heterocycles. The molecule has 0 atom stereocenters. The third kappa shape index (κ3) is 4.00. The molecule has 2 aromatic rings. The first-order valence-electron chi connectivity index (χ1n) is 8.32. The number of alkyl carbamates (subject to hydrolysis) is 1. The van der Waals surface area contributed by atoms with E-state index in [-0.39, 0.29) is 19.1 Å². The minimum absolute atomic E-state index is 0.0298. The summed E-state index contributed by atoms with van der Waals surface area (Å²) in [6, 6.07) is 16.3. The summed E-state index contributed by atoms with van der Waals surface area (Å²) >= 11 is 0. The molecule has 26 heavy (non-hydrogen) atoms. The highest BCUT2D eigenvalue weighted by atomic mass is 16.5. The summed E-state index contributed by atoms with van der Waals surface area (Å²) in [7, 11) is 0. The third-order valence-electron chi connectivity index (χ3n) is 4.19. The Kier molecular flexibility index (Phi) is 5.49. The Hall–Kier alpha value is -3.34. The second-order valence-corrected chi connectivity index (χ2v) is 5.83. The van der Waals surface area contributed by atoms with Crippen molar-refractivity contribution < 1.29 is 19.4 Å². The van der Waals surface area contributed by atoms with E-state index in [0.29, 0.717) is 0 Å². The van der Waals surface area contributed by atoms with Crippen LogP contribution in [0.15, 0.2) is 72.8 Å². The van der Waals surface area contributed by atoms with Gasteiger partial charge in [-0.25, -0.2) is 9.59 Å². The molecule has 0 fully saturated rings. The van der Waals surface area contributed by atoms with Crippen molar-refractivity contribution >= 4 is 12.1 Å². The van der Waals surface area contributed by atoms with Crippen LogP contribution in [0, 0.1) is 0 Å². The third-order valence-corrected chi connectivity index (χ3v) is 4.19. The molecular weight excluding hydrogens is 330 g/mol. The molecule has 1 aliphatic rings. The van der Waals surface area contributed by atoms with E-state index >= 15 is 0 Å². The van der Waals surface area contributed by atoms with E-state index in [1.165, 1.54) is 28.3 Å². The molecule has 0 saturated heterocycles. The van der Waals surface area contributed by atoms with Gasteiger partial charge in [-0.15, -0.1) is 0 Å². The zero-order valence-corrected chi connectivity index (χ0v) is 14.1. The monoisotopic (exact) mass is 349 g/mol. The maximum atomic E-state index is 11.9. The first-order valence-corrected chi connectivity index (χ1v) is 8.32. The minimum Gasteiger partial charge on any atom is -0.478 e. The second-order valence-electron chi connectivity index (χ2n) is 5.83. The summed E-state index contributed by atoms with van der Waals surface area (Å²) in [5, 5.41) is 11.1. The van der Waals surface area contributed by atoms with Gasteiger partial charge in [0, 0.05) is 18.5 Å². The molecule has 0 unspecified atom stereocenters. The van der Waals surface area contributed by atoms with Gasteiger partial charge in [-0.1, -0.05) is 66.8 Å². The van der Waals surface area contributed by atoms with E-state index in [1.807, 2.05) is 24.3 Å². The number of amides is 1. The van der Waals surface area contributed by atoms with Crippen LogP contribution in [0.4, 0.5) is 4.79 Å². The quantitative estimate of drug-likeness (QED) is 0.616. The fourth-order valence-corrected chi connectivity index (χ4v) is 3.08. The summed E-state index contributed by atoms with van der Waals surface area (Å²) in [5.41, 5.74) is 4.70. The van der Waals surface area contributed by atoms with Crippen LogP contribution in [-0.2, 0) is 9.53 Å². The molecule has 3 rings (SSSR count). The van der Waals surface area contributed by atoms with Gasteiger partial charge in [-0.3, -0.25) is 0 Å². The van der Waals surface area contributed by atoms with Gasteiger partial charge in [0.2, 0.25) is 0 Å². The molecule has 5 heteroatoms. The number of carbonyl (C=O) groups is 2. The van der Waals surface area contributed by atoms with Crippen LogP contribution in [0.1, 0.15) is 17.0 Å². The van der Waals surface area contributed by atoms with E-state index in [1.54, 1.807) is 12.2 Å². The van der Waals surface area contributed by atoms with Crippen molar-refractivity contribution in [1.82, 2.24) is 5.32 Å². The number of ether oxygens (including phenoxy) is 1. The van der Waals surface area contributed by atoms with E-state index in [0.717, 1.165) is 6.08 Å². The van der Waals surface area contributed by atoms with Crippen LogP contribution in [0.3, 0.4) is 0 Å². The minimum atomic E-state index is -1.01. The number of nitrogens with one attached hydrogen (secondary N) is 1. The highest BCUT2D eigenvalue weighted by Crippen LogP contribution is 2.44. The van der Waals surface area contributed by atoms with Crippen molar-refractivity contribution in [2.75, 3.05) is 13.2 Å². The van der Waals surface area contributed by atoms with Crippen LogP contribution in [0.2, 0.25) is 0 Å². The Balaban J connectivity index is 1.56. The molecule has 1 aliphatic carbocycles. The molecule has 1 amide bonds. The van der Waals surface area contributed by atoms with Crippen LogP contribution in [0.5, 0.6) is 0 Å². The normalized spacial score (nSPS) is 12.9. The van der Waals surface area contributed by atoms with Crippen LogP contribution >= 0.6 is 0 Å². The van der Waals surface area contributed by atoms with Crippen molar-refractivity contribution in [2.45, 2.75) is 5.92 Å². The molecular formula is C21H19NO4. The standard InChI is InChI=1S/C21H19NO4/c23-20(24)12-2-1-7-13-22-21(25)26-14-19-17-10-5-3-8-15(17)16-9-4-6-11-18(16)19/h1-12,19H,13-14H2,(H,22,25)(H,23,24)/b7-1+,12-2+. The van der Waals surface area contributed by atoms with Gasteiger partial charge in [0.05, 0.1) is 0 Å². The Labute approximate surface area is 151 Å². The second kappa shape index (κ2) is 8.16. The van der Waals surface area contributed by atoms with Crippen molar-refractivity contribution in [3.8, 4) is 11.1 Å². The molecule has 0 spiro atoms. The lowest BCUT2D eigenvalue weighted by molar-refractivity contribution is -0.131. The van der Waals surface area contributed by atoms with Crippen molar-refractivity contribution in [3.05, 3.63) is 84.0 Å². The zero-order chi connectivity index (χ0) is 18.4. The fraction of sp³-hybridized carbons (Fsp3) is 0.143. The van der Waals surface area contributed by atoms with Crippen molar-refractivity contribution in [3.63, 3.8) is 0 Å². The van der Waals surface area contributed by atoms with Crippen molar-refractivity contribution in [2.24, 2.45) is 0 Å². The Morgan fingerprint density at radius 1 is 1.00 bits per heavy atom. The molecule has 5 nitrogen and oxygen atoms in total. The maximum absolute atomic E-state index is 11.9. The number of carbonyl (C=O) groups excluding carboxylic acids is 1. The SMILES string of the molecule is O=C(O)/C=C/C=C/CNC(=O)OCC1c2ccccc2-c2ccccc21. The number of hydrogen-bond donors (Lipinski definition) is 2. The number of carboxylic acids is 1. The molecule has 0 heterocycles. The molecule has 132 valence electrons. The molecule has 0 aromatic heterocycles. The maximum Gasteiger partial charge on any atom is 0.407 e. The Bertz CT molecular complexity index is 824. The number of carboxylic acid groups (broad SMARTS) is 1. The topological polar surface area (TPSA) is 75.6 Å². The number of allylic oxidation sites excluding steroid dienone is 2. The van der Waals surface area contributed by atoms with Crippen molar-refractivity contribution in [1.29, 1.82) is 0 Å². The van der Waals surface area contributed by atoms with Gasteiger partial charge in [-0.2, -0.15) is 0 Å². The van der Waals surface area contributed by atoms with Gasteiger partial charge in [-0.05, 0) is 22.3 Å². The lowest BCUT2D eigenvalue weighted by Gasteiger charge is -2.14. The average Bonchev–Trinajstić information content (AvgIpc) is 2.96. The van der Waals surface area contributed by atoms with E-state index in [4.69, 9.17) is 9.84 Å². The highest BCUT2D eigenvalue weighted by molar-refractivity contribution is 5.80. The summed E-state index contributed by atoms with van der Waals surface area (Å²) < 4.78 is 5.39. The largest absolute Gasteiger partial charge is 0.478 e. The molecule has 0 bridgehead atoms. The summed E-state index contributed by atoms with van der Waals surface area (Å²) in [6.45, 7) is 0.531. The smallest absolute Gasteiger partial charge is 0.407 e. The van der Waals surface area contributed by atoms with Gasteiger partial charge >= 0.3 is 12.1 Å². The average molecular weight is 349 g/mol. The Morgan fingerprint density at radius 2 is 1.62 bits per heavy atom. The first kappa shape index (κ1) is 17.5. The van der Waals surface area contributed by atoms with E-state index in [2.05, 4.69) is 29.6 Å². The van der Waals surface area contributed by atoms with Gasteiger partial charge in [0.25, 0.3) is 0 Å². The predicted molar refractivity (Wildman–Crippen MR) is 99.0 cm³/mol. The zero-order valence-electron chi connectivity index (χ0n) is 14.1. The Morgan fingerprint density at radius 3 is 2.23 bits per heavy atom. The number of aliphatic carboxylic acids is 1. The summed E-state index contributed by atoms with van der Waals surface area (Å²) in [4.78, 5) is 22.2. The van der Waals surface area contributed by atoms with Gasteiger partial charge in [0.15, 0.2) is 0 Å². The summed E-state index contributed by atoms with van der Waals surface area (Å²) in [5.74, 6) is -0.985. The number of benzene rings is 2. The van der Waals surface area contributed by atoms with Crippen LogP contribution in [-0.4, -0.2) is 30.3 Å². The highest BCUT2D eigenvalue weighted by Gasteiger charge is 2.28. The van der Waals surface area contributed by atoms with Crippen LogP contribution in [0.25, 0.3) is 11.1 Å². The van der Waals surface area contributed by atoms with E-state index < -0.39 is 12.1 Å². The lowest BCUT2D eigenvalue weighted by atomic mass is 9.98.